The van der Waals surface area contributed by atoms with Crippen molar-refractivity contribution in [2.75, 3.05) is 19.5 Å². The highest BCUT2D eigenvalue weighted by molar-refractivity contribution is 6.41. The van der Waals surface area contributed by atoms with Crippen molar-refractivity contribution in [1.29, 1.82) is 0 Å². The average molecular weight is 578 g/mol. The number of methoxy groups -OCH3 is 2. The normalized spacial score (nSPS) is 17.2. The van der Waals surface area contributed by atoms with Crippen LogP contribution >= 0.6 is 23.2 Å². The molecule has 3 aromatic rings. The number of aryl methyl sites for hydroxylation is 1. The first-order valence-electron chi connectivity index (χ1n) is 12.7. The molecule has 2 heterocycles. The zero-order valence-corrected chi connectivity index (χ0v) is 24.4. The lowest BCUT2D eigenvalue weighted by molar-refractivity contribution is 0.0503. The van der Waals surface area contributed by atoms with Crippen LogP contribution in [0.4, 0.5) is 10.7 Å². The number of rotatable bonds is 7. The summed E-state index contributed by atoms with van der Waals surface area (Å²) in [6.07, 6.45) is 3.75. The van der Waals surface area contributed by atoms with Crippen LogP contribution in [0.2, 0.25) is 10.0 Å². The highest BCUT2D eigenvalue weighted by Gasteiger charge is 2.31. The molecule has 1 fully saturated rings. The summed E-state index contributed by atoms with van der Waals surface area (Å²) in [6, 6.07) is 3.02. The van der Waals surface area contributed by atoms with E-state index in [9.17, 15) is 9.59 Å². The highest BCUT2D eigenvalue weighted by Crippen LogP contribution is 2.45. The molecule has 0 saturated heterocycles. The molecule has 4 rings (SSSR count). The van der Waals surface area contributed by atoms with Gasteiger partial charge in [-0.15, -0.1) is 0 Å². The quantitative estimate of drug-likeness (QED) is 0.369. The Balaban J connectivity index is 1.70. The van der Waals surface area contributed by atoms with Crippen molar-refractivity contribution in [2.24, 2.45) is 0 Å². The summed E-state index contributed by atoms with van der Waals surface area (Å²) in [5.74, 6) is 1.02. The second kappa shape index (κ2) is 11.5. The molecule has 2 N–H and O–H groups in total. The van der Waals surface area contributed by atoms with Gasteiger partial charge in [-0.25, -0.2) is 9.78 Å². The molecule has 39 heavy (non-hydrogen) atoms. The van der Waals surface area contributed by atoms with E-state index >= 15 is 0 Å². The maximum atomic E-state index is 13.7. The van der Waals surface area contributed by atoms with Gasteiger partial charge in [0.05, 0.1) is 35.9 Å². The van der Waals surface area contributed by atoms with E-state index in [0.29, 0.717) is 40.6 Å². The van der Waals surface area contributed by atoms with Gasteiger partial charge < -0.3 is 24.8 Å². The van der Waals surface area contributed by atoms with Crippen molar-refractivity contribution < 1.29 is 19.0 Å². The monoisotopic (exact) mass is 577 g/mol. The Morgan fingerprint density at radius 1 is 1.10 bits per heavy atom. The third kappa shape index (κ3) is 6.01. The van der Waals surface area contributed by atoms with Gasteiger partial charge in [0.25, 0.3) is 5.56 Å². The van der Waals surface area contributed by atoms with Crippen LogP contribution in [-0.2, 0) is 11.3 Å². The number of hydrogen-bond donors (Lipinski definition) is 2. The Hall–Kier alpha value is -3.24. The molecule has 210 valence electrons. The number of amides is 1. The molecule has 1 saturated carbocycles. The van der Waals surface area contributed by atoms with E-state index in [4.69, 9.17) is 37.4 Å². The van der Waals surface area contributed by atoms with Crippen LogP contribution in [0.15, 0.2) is 23.1 Å². The number of carbonyl (C=O) groups is 1. The number of carbonyl (C=O) groups excluding carboxylic acids is 1. The Morgan fingerprint density at radius 3 is 2.33 bits per heavy atom. The lowest BCUT2D eigenvalue weighted by Crippen LogP contribution is -2.45. The lowest BCUT2D eigenvalue weighted by Gasteiger charge is -2.25. The SMILES string of the molecule is CCn1c(=O)c(-c2c(Cl)c(OC)cc(OC)c2Cl)cc2cnc(N[C@@H]3CCC[C@@H]3NC(=O)OC(C)(C)C)nc21. The summed E-state index contributed by atoms with van der Waals surface area (Å²) in [5, 5.41) is 7.31. The molecule has 0 radical (unpaired) electrons. The number of halogens is 2. The third-order valence-electron chi connectivity index (χ3n) is 6.52. The molecule has 1 amide bonds. The Morgan fingerprint density at radius 2 is 1.74 bits per heavy atom. The lowest BCUT2D eigenvalue weighted by atomic mass is 10.0. The van der Waals surface area contributed by atoms with Crippen LogP contribution in [0.1, 0.15) is 47.0 Å². The first-order valence-corrected chi connectivity index (χ1v) is 13.5. The van der Waals surface area contributed by atoms with Crippen molar-refractivity contribution >= 4 is 46.3 Å². The van der Waals surface area contributed by atoms with Crippen molar-refractivity contribution in [3.8, 4) is 22.6 Å². The van der Waals surface area contributed by atoms with Crippen molar-refractivity contribution in [3.05, 3.63) is 38.7 Å². The maximum absolute atomic E-state index is 13.7. The maximum Gasteiger partial charge on any atom is 0.407 e. The van der Waals surface area contributed by atoms with Gasteiger partial charge in [0.15, 0.2) is 0 Å². The van der Waals surface area contributed by atoms with E-state index in [0.717, 1.165) is 19.3 Å². The van der Waals surface area contributed by atoms with Crippen LogP contribution in [0.3, 0.4) is 0 Å². The number of ether oxygens (including phenoxy) is 3. The highest BCUT2D eigenvalue weighted by atomic mass is 35.5. The topological polar surface area (TPSA) is 117 Å². The molecule has 10 nitrogen and oxygen atoms in total. The molecular formula is C27H33Cl2N5O5. The predicted molar refractivity (Wildman–Crippen MR) is 152 cm³/mol. The van der Waals surface area contributed by atoms with Crippen LogP contribution in [0.5, 0.6) is 11.5 Å². The predicted octanol–water partition coefficient (Wildman–Crippen LogP) is 5.66. The summed E-state index contributed by atoms with van der Waals surface area (Å²) in [4.78, 5) is 35.2. The van der Waals surface area contributed by atoms with Gasteiger partial charge in [0, 0.05) is 35.8 Å². The number of aromatic nitrogens is 3. The Labute approximate surface area is 237 Å². The minimum Gasteiger partial charge on any atom is -0.495 e. The number of anilines is 1. The zero-order chi connectivity index (χ0) is 28.5. The van der Waals surface area contributed by atoms with Crippen molar-refractivity contribution in [1.82, 2.24) is 19.9 Å². The van der Waals surface area contributed by atoms with E-state index in [1.165, 1.54) is 14.2 Å². The average Bonchev–Trinajstić information content (AvgIpc) is 3.29. The Bertz CT molecular complexity index is 1430. The molecule has 1 aromatic carbocycles. The first kappa shape index (κ1) is 28.8. The van der Waals surface area contributed by atoms with Gasteiger partial charge in [-0.1, -0.05) is 23.2 Å². The molecule has 0 aliphatic heterocycles. The van der Waals surface area contributed by atoms with E-state index in [1.807, 2.05) is 27.7 Å². The van der Waals surface area contributed by atoms with Gasteiger partial charge in [-0.2, -0.15) is 4.98 Å². The summed E-state index contributed by atoms with van der Waals surface area (Å²) in [6.45, 7) is 7.68. The van der Waals surface area contributed by atoms with E-state index in [2.05, 4.69) is 20.6 Å². The number of hydrogen-bond acceptors (Lipinski definition) is 8. The second-order valence-corrected chi connectivity index (χ2v) is 11.1. The molecule has 2 aromatic heterocycles. The van der Waals surface area contributed by atoms with Crippen LogP contribution in [0.25, 0.3) is 22.2 Å². The largest absolute Gasteiger partial charge is 0.495 e. The van der Waals surface area contributed by atoms with Crippen molar-refractivity contribution in [3.63, 3.8) is 0 Å². The van der Waals surface area contributed by atoms with Crippen LogP contribution < -0.4 is 25.7 Å². The first-order chi connectivity index (χ1) is 18.5. The molecule has 0 bridgehead atoms. The smallest absolute Gasteiger partial charge is 0.407 e. The second-order valence-electron chi connectivity index (χ2n) is 10.3. The number of benzene rings is 1. The summed E-state index contributed by atoms with van der Waals surface area (Å²) in [7, 11) is 2.95. The summed E-state index contributed by atoms with van der Waals surface area (Å²) < 4.78 is 17.7. The molecule has 0 unspecified atom stereocenters. The van der Waals surface area contributed by atoms with Gasteiger partial charge >= 0.3 is 6.09 Å². The molecule has 0 spiro atoms. The van der Waals surface area contributed by atoms with E-state index in [1.54, 1.807) is 22.9 Å². The van der Waals surface area contributed by atoms with Crippen molar-refractivity contribution in [2.45, 2.75) is 71.2 Å². The van der Waals surface area contributed by atoms with E-state index < -0.39 is 11.7 Å². The van der Waals surface area contributed by atoms with E-state index in [-0.39, 0.29) is 33.3 Å². The molecular weight excluding hydrogens is 545 g/mol. The van der Waals surface area contributed by atoms with Gasteiger partial charge in [-0.3, -0.25) is 9.36 Å². The molecule has 1 aliphatic carbocycles. The minimum absolute atomic E-state index is 0.0853. The molecule has 1 aliphatic rings. The fraction of sp³-hybridized carbons (Fsp3) is 0.481. The number of fused-ring (bicyclic) bond motifs is 1. The van der Waals surface area contributed by atoms with Crippen LogP contribution in [-0.4, -0.2) is 52.5 Å². The number of alkyl carbamates (subject to hydrolysis) is 1. The summed E-state index contributed by atoms with van der Waals surface area (Å²) in [5.41, 5.74) is 0.144. The molecule has 2 atom stereocenters. The fourth-order valence-electron chi connectivity index (χ4n) is 4.75. The van der Waals surface area contributed by atoms with Gasteiger partial charge in [0.2, 0.25) is 5.95 Å². The minimum atomic E-state index is -0.583. The summed E-state index contributed by atoms with van der Waals surface area (Å²) >= 11 is 13.2. The van der Waals surface area contributed by atoms with Gasteiger partial charge in [-0.05, 0) is 53.0 Å². The third-order valence-corrected chi connectivity index (χ3v) is 7.27. The standard InChI is InChI=1S/C27H33Cl2N5O5/c1-7-34-23-14(11-15(24(34)35)20-21(28)18(37-5)12-19(38-6)22(20)29)13-30-25(33-23)31-16-9-8-10-17(16)32-26(36)39-27(2,3)4/h11-13,16-17H,7-10H2,1-6H3,(H,32,36)(H,30,31,33)/t16-,17+/m1/s1. The Kier molecular flexibility index (Phi) is 8.46. The van der Waals surface area contributed by atoms with Crippen LogP contribution in [0, 0.1) is 0 Å². The zero-order valence-electron chi connectivity index (χ0n) is 22.9. The number of nitrogens with zero attached hydrogens (tertiary/aromatic N) is 3. The number of pyridine rings is 1. The van der Waals surface area contributed by atoms with Gasteiger partial charge in [0.1, 0.15) is 22.7 Å². The molecule has 12 heteroatoms. The fourth-order valence-corrected chi connectivity index (χ4v) is 5.46. The number of nitrogens with one attached hydrogen (secondary N) is 2.